The minimum Gasteiger partial charge on any atom is -0.272 e. The Kier molecular flexibility index (Phi) is 2.63. The summed E-state index contributed by atoms with van der Waals surface area (Å²) in [6, 6.07) is 3.65. The molecule has 1 aromatic rings. The first-order valence-corrected chi connectivity index (χ1v) is 6.17. The molecular formula is C13H15N3O. The molecule has 0 saturated heterocycles. The Labute approximate surface area is 100 Å². The Balaban J connectivity index is 1.91. The smallest absolute Gasteiger partial charge is 0.256 e. The molecule has 0 N–H and O–H groups in total. The van der Waals surface area contributed by atoms with Gasteiger partial charge in [0.25, 0.3) is 5.91 Å². The molecule has 1 fully saturated rings. The highest BCUT2D eigenvalue weighted by Gasteiger charge is 2.36. The van der Waals surface area contributed by atoms with E-state index in [4.69, 9.17) is 0 Å². The van der Waals surface area contributed by atoms with Crippen LogP contribution in [0.2, 0.25) is 0 Å². The summed E-state index contributed by atoms with van der Waals surface area (Å²) in [5, 5.41) is 6.04. The number of hydrogen-bond donors (Lipinski definition) is 0. The van der Waals surface area contributed by atoms with Gasteiger partial charge >= 0.3 is 0 Å². The van der Waals surface area contributed by atoms with Gasteiger partial charge in [0.1, 0.15) is 0 Å². The first-order valence-electron chi connectivity index (χ1n) is 6.17. The van der Waals surface area contributed by atoms with Crippen molar-refractivity contribution in [3.8, 4) is 0 Å². The van der Waals surface area contributed by atoms with Crippen LogP contribution in [0.3, 0.4) is 0 Å². The average Bonchev–Trinajstić information content (AvgIpc) is 2.56. The van der Waals surface area contributed by atoms with E-state index < -0.39 is 0 Å². The predicted molar refractivity (Wildman–Crippen MR) is 65.7 cm³/mol. The molecule has 1 saturated carbocycles. The number of hydrazone groups is 1. The van der Waals surface area contributed by atoms with Gasteiger partial charge in [0.15, 0.2) is 0 Å². The minimum atomic E-state index is 0.0330. The summed E-state index contributed by atoms with van der Waals surface area (Å²) in [5.74, 6) is 0.166. The number of carbonyl (C=O) groups excluding carboxylic acids is 1. The van der Waals surface area contributed by atoms with Gasteiger partial charge in [0, 0.05) is 12.4 Å². The summed E-state index contributed by atoms with van der Waals surface area (Å²) in [6.07, 6.45) is 8.83. The monoisotopic (exact) mass is 229 g/mol. The molecule has 88 valence electrons. The van der Waals surface area contributed by atoms with Crippen molar-refractivity contribution < 1.29 is 4.79 Å². The summed E-state index contributed by atoms with van der Waals surface area (Å²) < 4.78 is 0. The van der Waals surface area contributed by atoms with Crippen molar-refractivity contribution in [1.29, 1.82) is 0 Å². The molecule has 1 aliphatic heterocycles. The lowest BCUT2D eigenvalue weighted by Crippen LogP contribution is -2.26. The average molecular weight is 229 g/mol. The number of carbonyl (C=O) groups is 1. The highest BCUT2D eigenvalue weighted by Crippen LogP contribution is 2.30. The summed E-state index contributed by atoms with van der Waals surface area (Å²) in [4.78, 5) is 16.2. The maximum atomic E-state index is 12.3. The zero-order valence-corrected chi connectivity index (χ0v) is 9.67. The fourth-order valence-corrected chi connectivity index (χ4v) is 2.55. The molecule has 1 unspecified atom stereocenters. The molecule has 0 spiro atoms. The fourth-order valence-electron chi connectivity index (χ4n) is 2.55. The molecule has 17 heavy (non-hydrogen) atoms. The third kappa shape index (κ3) is 1.84. The van der Waals surface area contributed by atoms with Crippen molar-refractivity contribution in [2.75, 3.05) is 5.01 Å². The van der Waals surface area contributed by atoms with Crippen LogP contribution in [-0.2, 0) is 4.79 Å². The van der Waals surface area contributed by atoms with E-state index in [1.807, 2.05) is 12.1 Å². The van der Waals surface area contributed by atoms with Crippen molar-refractivity contribution in [2.45, 2.75) is 32.1 Å². The van der Waals surface area contributed by atoms with Gasteiger partial charge in [0.05, 0.1) is 17.3 Å². The molecule has 2 aliphatic rings. The molecule has 4 nitrogen and oxygen atoms in total. The number of amides is 1. The second-order valence-corrected chi connectivity index (χ2v) is 4.60. The fraction of sp³-hybridized carbons (Fsp3) is 0.462. The lowest BCUT2D eigenvalue weighted by Gasteiger charge is -2.13. The van der Waals surface area contributed by atoms with Gasteiger partial charge < -0.3 is 0 Å². The predicted octanol–water partition coefficient (Wildman–Crippen LogP) is 2.36. The molecule has 3 rings (SSSR count). The second kappa shape index (κ2) is 4.28. The lowest BCUT2D eigenvalue weighted by atomic mass is 9.98. The van der Waals surface area contributed by atoms with Crippen molar-refractivity contribution in [3.63, 3.8) is 0 Å². The highest BCUT2D eigenvalue weighted by atomic mass is 16.2. The van der Waals surface area contributed by atoms with Gasteiger partial charge in [-0.1, -0.05) is 12.8 Å². The SMILES string of the molecule is O=C1C2CCCCCC2=NN1c1ccncc1. The molecule has 1 amide bonds. The van der Waals surface area contributed by atoms with Gasteiger partial charge in [-0.3, -0.25) is 9.78 Å². The van der Waals surface area contributed by atoms with Crippen LogP contribution in [0.25, 0.3) is 0 Å². The molecule has 0 bridgehead atoms. The van der Waals surface area contributed by atoms with Crippen molar-refractivity contribution in [3.05, 3.63) is 24.5 Å². The summed E-state index contributed by atoms with van der Waals surface area (Å²) in [6.45, 7) is 0. The molecule has 0 aromatic carbocycles. The first-order chi connectivity index (χ1) is 8.36. The first kappa shape index (κ1) is 10.4. The van der Waals surface area contributed by atoms with Crippen LogP contribution in [-0.4, -0.2) is 16.6 Å². The number of pyridine rings is 1. The Bertz CT molecular complexity index is 455. The maximum absolute atomic E-state index is 12.3. The molecule has 0 radical (unpaired) electrons. The van der Waals surface area contributed by atoms with E-state index in [2.05, 4.69) is 10.1 Å². The van der Waals surface area contributed by atoms with E-state index in [0.717, 1.165) is 37.1 Å². The minimum absolute atomic E-state index is 0.0330. The van der Waals surface area contributed by atoms with Crippen LogP contribution in [0.1, 0.15) is 32.1 Å². The molecule has 1 atom stereocenters. The van der Waals surface area contributed by atoms with Gasteiger partial charge in [-0.15, -0.1) is 0 Å². The standard InChI is InChI=1S/C13H15N3O/c17-13-11-4-2-1-3-5-12(11)15-16(13)10-6-8-14-9-7-10/h6-9,11H,1-5H2. The van der Waals surface area contributed by atoms with Crippen LogP contribution in [0, 0.1) is 5.92 Å². The van der Waals surface area contributed by atoms with E-state index in [-0.39, 0.29) is 11.8 Å². The zero-order valence-electron chi connectivity index (χ0n) is 9.67. The number of nitrogens with zero attached hydrogens (tertiary/aromatic N) is 3. The lowest BCUT2D eigenvalue weighted by molar-refractivity contribution is -0.119. The van der Waals surface area contributed by atoms with Crippen LogP contribution in [0.15, 0.2) is 29.6 Å². The van der Waals surface area contributed by atoms with Crippen LogP contribution in [0.5, 0.6) is 0 Å². The molecule has 1 aliphatic carbocycles. The van der Waals surface area contributed by atoms with Gasteiger partial charge in [-0.2, -0.15) is 5.10 Å². The quantitative estimate of drug-likeness (QED) is 0.742. The Morgan fingerprint density at radius 1 is 1.18 bits per heavy atom. The normalized spacial score (nSPS) is 24.2. The van der Waals surface area contributed by atoms with E-state index >= 15 is 0 Å². The topological polar surface area (TPSA) is 45.6 Å². The summed E-state index contributed by atoms with van der Waals surface area (Å²) in [5.41, 5.74) is 1.90. The van der Waals surface area contributed by atoms with Crippen LogP contribution in [0.4, 0.5) is 5.69 Å². The van der Waals surface area contributed by atoms with E-state index in [1.165, 1.54) is 6.42 Å². The number of anilines is 1. The molecule has 2 heterocycles. The maximum Gasteiger partial charge on any atom is 0.256 e. The third-order valence-electron chi connectivity index (χ3n) is 3.47. The van der Waals surface area contributed by atoms with E-state index in [0.29, 0.717) is 0 Å². The van der Waals surface area contributed by atoms with E-state index in [1.54, 1.807) is 17.4 Å². The van der Waals surface area contributed by atoms with Gasteiger partial charge in [-0.25, -0.2) is 5.01 Å². The van der Waals surface area contributed by atoms with E-state index in [9.17, 15) is 4.79 Å². The highest BCUT2D eigenvalue weighted by molar-refractivity contribution is 6.15. The summed E-state index contributed by atoms with van der Waals surface area (Å²) >= 11 is 0. The van der Waals surface area contributed by atoms with Crippen LogP contribution < -0.4 is 5.01 Å². The molecule has 1 aromatic heterocycles. The zero-order chi connectivity index (χ0) is 11.7. The van der Waals surface area contributed by atoms with Crippen molar-refractivity contribution in [1.82, 2.24) is 4.98 Å². The number of rotatable bonds is 1. The number of fused-ring (bicyclic) bond motifs is 1. The Hall–Kier alpha value is -1.71. The number of aromatic nitrogens is 1. The Morgan fingerprint density at radius 3 is 2.82 bits per heavy atom. The number of hydrogen-bond acceptors (Lipinski definition) is 3. The molecule has 4 heteroatoms. The largest absolute Gasteiger partial charge is 0.272 e. The van der Waals surface area contributed by atoms with Crippen LogP contribution >= 0.6 is 0 Å². The van der Waals surface area contributed by atoms with Gasteiger partial charge in [0.2, 0.25) is 0 Å². The molecular weight excluding hydrogens is 214 g/mol. The van der Waals surface area contributed by atoms with Gasteiger partial charge in [-0.05, 0) is 31.4 Å². The Morgan fingerprint density at radius 2 is 2.00 bits per heavy atom. The third-order valence-corrected chi connectivity index (χ3v) is 3.47. The summed E-state index contributed by atoms with van der Waals surface area (Å²) in [7, 11) is 0. The van der Waals surface area contributed by atoms with Crippen molar-refractivity contribution >= 4 is 17.3 Å². The van der Waals surface area contributed by atoms with Crippen molar-refractivity contribution in [2.24, 2.45) is 11.0 Å². The second-order valence-electron chi connectivity index (χ2n) is 4.60.